The molecule has 29 heavy (non-hydrogen) atoms. The van der Waals surface area contributed by atoms with Crippen LogP contribution in [-0.4, -0.2) is 58.1 Å². The fourth-order valence-electron chi connectivity index (χ4n) is 2.97. The number of hydrogen-bond donors (Lipinski definition) is 1. The molecule has 0 aromatic carbocycles. The maximum atomic E-state index is 12.7. The fourth-order valence-corrected chi connectivity index (χ4v) is 6.08. The number of fused-ring (bicyclic) bond motifs is 1. The zero-order valence-corrected chi connectivity index (χ0v) is 18.6. The lowest BCUT2D eigenvalue weighted by atomic mass is 10.2. The van der Waals surface area contributed by atoms with Gasteiger partial charge in [0.25, 0.3) is 16.1 Å². The average Bonchev–Trinajstić information content (AvgIpc) is 3.39. The van der Waals surface area contributed by atoms with Gasteiger partial charge in [-0.15, -0.1) is 11.3 Å². The zero-order valence-electron chi connectivity index (χ0n) is 16.1. The third-order valence-corrected chi connectivity index (χ3v) is 8.58. The molecule has 0 bridgehead atoms. The third-order valence-electron chi connectivity index (χ3n) is 4.52. The number of aryl methyl sites for hydroxylation is 1. The number of carbonyl (C=O) groups excluding carboxylic acids is 1. The van der Waals surface area contributed by atoms with Crippen molar-refractivity contribution in [2.24, 2.45) is 0 Å². The molecule has 0 radical (unpaired) electrons. The van der Waals surface area contributed by atoms with Crippen molar-refractivity contribution in [3.05, 3.63) is 45.7 Å². The zero-order chi connectivity index (χ0) is 20.8. The number of hydrogen-bond acceptors (Lipinski definition) is 7. The van der Waals surface area contributed by atoms with Gasteiger partial charge in [-0.1, -0.05) is 11.3 Å². The molecule has 0 saturated carbocycles. The summed E-state index contributed by atoms with van der Waals surface area (Å²) in [7, 11) is -0.442. The van der Waals surface area contributed by atoms with Gasteiger partial charge in [-0.25, -0.2) is 9.97 Å². The lowest BCUT2D eigenvalue weighted by Gasteiger charge is -2.27. The molecule has 1 amide bonds. The highest BCUT2D eigenvalue weighted by atomic mass is 32.2. The number of aromatic nitrogens is 3. The minimum absolute atomic E-state index is 0.262. The summed E-state index contributed by atoms with van der Waals surface area (Å²) in [5.74, 6) is -0.262. The van der Waals surface area contributed by atoms with Gasteiger partial charge in [0.15, 0.2) is 10.3 Å². The van der Waals surface area contributed by atoms with Crippen LogP contribution in [0.1, 0.15) is 25.9 Å². The van der Waals surface area contributed by atoms with Crippen molar-refractivity contribution in [3.63, 3.8) is 0 Å². The van der Waals surface area contributed by atoms with Crippen LogP contribution in [0.4, 0.5) is 5.13 Å². The molecule has 0 aliphatic carbocycles. The number of carbonyl (C=O) groups is 1. The van der Waals surface area contributed by atoms with Gasteiger partial charge in [0, 0.05) is 44.3 Å². The molecule has 0 fully saturated rings. The highest BCUT2D eigenvalue weighted by Crippen LogP contribution is 2.31. The summed E-state index contributed by atoms with van der Waals surface area (Å²) in [6.07, 6.45) is 4.27. The fraction of sp³-hybridized carbons (Fsp3) is 0.353. The molecule has 3 aromatic rings. The van der Waals surface area contributed by atoms with Gasteiger partial charge < -0.3 is 4.57 Å². The Balaban J connectivity index is 1.51. The molecule has 4 rings (SSSR count). The second kappa shape index (κ2) is 7.61. The van der Waals surface area contributed by atoms with Gasteiger partial charge in [-0.3, -0.25) is 10.1 Å². The van der Waals surface area contributed by atoms with Crippen LogP contribution < -0.4 is 5.32 Å². The Kier molecular flexibility index (Phi) is 5.29. The number of nitrogens with zero attached hydrogens (tertiary/aromatic N) is 5. The number of nitrogens with one attached hydrogen (secondary N) is 1. The predicted molar refractivity (Wildman–Crippen MR) is 113 cm³/mol. The van der Waals surface area contributed by atoms with E-state index in [0.717, 1.165) is 15.7 Å². The van der Waals surface area contributed by atoms with E-state index >= 15 is 0 Å². The molecule has 1 N–H and O–H groups in total. The average molecular weight is 453 g/mol. The van der Waals surface area contributed by atoms with Crippen LogP contribution in [0.15, 0.2) is 24.5 Å². The molecule has 3 aromatic heterocycles. The van der Waals surface area contributed by atoms with Gasteiger partial charge in [-0.05, 0) is 19.1 Å². The van der Waals surface area contributed by atoms with Crippen molar-refractivity contribution < 1.29 is 13.2 Å². The lowest BCUT2D eigenvalue weighted by Crippen LogP contribution is -2.42. The second-order valence-corrected chi connectivity index (χ2v) is 10.9. The van der Waals surface area contributed by atoms with E-state index in [-0.39, 0.29) is 12.5 Å². The summed E-state index contributed by atoms with van der Waals surface area (Å²) in [6, 6.07) is 3.80. The Labute approximate surface area is 176 Å². The highest BCUT2D eigenvalue weighted by Gasteiger charge is 2.31. The van der Waals surface area contributed by atoms with Crippen molar-refractivity contribution in [1.82, 2.24) is 23.1 Å². The highest BCUT2D eigenvalue weighted by molar-refractivity contribution is 7.86. The number of amides is 1. The monoisotopic (exact) mass is 452 g/mol. The van der Waals surface area contributed by atoms with Crippen LogP contribution in [0.3, 0.4) is 0 Å². The van der Waals surface area contributed by atoms with E-state index in [1.54, 1.807) is 6.92 Å². The van der Waals surface area contributed by atoms with Gasteiger partial charge in [-0.2, -0.15) is 17.0 Å². The molecule has 0 spiro atoms. The molecule has 4 heterocycles. The van der Waals surface area contributed by atoms with Crippen LogP contribution in [0, 0.1) is 6.92 Å². The summed E-state index contributed by atoms with van der Waals surface area (Å²) >= 11 is 2.62. The first-order valence-electron chi connectivity index (χ1n) is 8.84. The Morgan fingerprint density at radius 3 is 2.62 bits per heavy atom. The predicted octanol–water partition coefficient (Wildman–Crippen LogP) is 2.12. The summed E-state index contributed by atoms with van der Waals surface area (Å²) in [5.41, 5.74) is 1.49. The molecule has 12 heteroatoms. The van der Waals surface area contributed by atoms with Crippen LogP contribution in [-0.2, 0) is 23.2 Å². The molecule has 154 valence electrons. The Morgan fingerprint density at radius 2 is 1.93 bits per heavy atom. The second-order valence-electron chi connectivity index (χ2n) is 6.72. The maximum absolute atomic E-state index is 12.7. The summed E-state index contributed by atoms with van der Waals surface area (Å²) in [4.78, 5) is 23.1. The van der Waals surface area contributed by atoms with Crippen molar-refractivity contribution in [3.8, 4) is 5.13 Å². The van der Waals surface area contributed by atoms with Gasteiger partial charge in [0.2, 0.25) is 0 Å². The van der Waals surface area contributed by atoms with E-state index in [1.807, 2.05) is 29.1 Å². The molecular weight excluding hydrogens is 432 g/mol. The summed E-state index contributed by atoms with van der Waals surface area (Å²) in [6.45, 7) is 2.44. The van der Waals surface area contributed by atoms with Crippen molar-refractivity contribution in [2.45, 2.75) is 19.9 Å². The number of rotatable bonds is 5. The Bertz CT molecular complexity index is 1150. The standard InChI is InChI=1S/C17H20N6O3S3/c1-11-14(28-17(18-11)22-7-4-5-8-22)15(24)20-16-19-12-6-9-23(10-13(12)27-16)29(25,26)21(2)3/h4-5,7-8H,6,9-10H2,1-3H3,(H,19,20,24). The summed E-state index contributed by atoms with van der Waals surface area (Å²) in [5, 5.41) is 4.04. The first-order chi connectivity index (χ1) is 13.8. The minimum Gasteiger partial charge on any atom is -0.300 e. The smallest absolute Gasteiger partial charge is 0.281 e. The van der Waals surface area contributed by atoms with E-state index in [2.05, 4.69) is 15.3 Å². The van der Waals surface area contributed by atoms with E-state index in [0.29, 0.717) is 28.7 Å². The van der Waals surface area contributed by atoms with E-state index in [4.69, 9.17) is 0 Å². The molecule has 0 atom stereocenters. The largest absolute Gasteiger partial charge is 0.300 e. The number of anilines is 1. The van der Waals surface area contributed by atoms with Crippen LogP contribution >= 0.6 is 22.7 Å². The molecule has 1 aliphatic heterocycles. The Morgan fingerprint density at radius 1 is 1.21 bits per heavy atom. The first-order valence-corrected chi connectivity index (χ1v) is 11.9. The van der Waals surface area contributed by atoms with Crippen LogP contribution in [0.2, 0.25) is 0 Å². The third kappa shape index (κ3) is 3.85. The van der Waals surface area contributed by atoms with Gasteiger partial charge in [0.1, 0.15) is 4.88 Å². The molecule has 1 aliphatic rings. The van der Waals surface area contributed by atoms with E-state index in [9.17, 15) is 13.2 Å². The molecular formula is C17H20N6O3S3. The number of thiazole rings is 2. The molecule has 0 saturated heterocycles. The maximum Gasteiger partial charge on any atom is 0.281 e. The normalized spacial score (nSPS) is 14.9. The lowest BCUT2D eigenvalue weighted by molar-refractivity contribution is 0.103. The van der Waals surface area contributed by atoms with Crippen LogP contribution in [0.25, 0.3) is 5.13 Å². The SMILES string of the molecule is Cc1nc(-n2cccc2)sc1C(=O)Nc1nc2c(s1)CN(S(=O)(=O)N(C)C)CC2. The van der Waals surface area contributed by atoms with Crippen molar-refractivity contribution >= 4 is 43.9 Å². The summed E-state index contributed by atoms with van der Waals surface area (Å²) < 4.78 is 29.2. The topological polar surface area (TPSA) is 100 Å². The quantitative estimate of drug-likeness (QED) is 0.639. The van der Waals surface area contributed by atoms with E-state index < -0.39 is 10.2 Å². The van der Waals surface area contributed by atoms with Gasteiger partial charge in [0.05, 0.1) is 17.9 Å². The Hall–Kier alpha value is -2.12. The molecule has 0 unspecified atom stereocenters. The van der Waals surface area contributed by atoms with E-state index in [1.165, 1.54) is 45.4 Å². The van der Waals surface area contributed by atoms with Crippen molar-refractivity contribution in [2.75, 3.05) is 26.0 Å². The first kappa shape index (κ1) is 20.2. The van der Waals surface area contributed by atoms with Gasteiger partial charge >= 0.3 is 0 Å². The minimum atomic E-state index is -3.47. The molecule has 9 nitrogen and oxygen atoms in total. The van der Waals surface area contributed by atoms with Crippen LogP contribution in [0.5, 0.6) is 0 Å². The van der Waals surface area contributed by atoms with Crippen molar-refractivity contribution in [1.29, 1.82) is 0 Å².